The third-order valence-electron chi connectivity index (χ3n) is 7.77. The molecule has 1 amide bonds. The summed E-state index contributed by atoms with van der Waals surface area (Å²) in [5.74, 6) is -0.820. The van der Waals surface area contributed by atoms with Crippen molar-refractivity contribution in [2.24, 2.45) is 16.6 Å². The van der Waals surface area contributed by atoms with Crippen molar-refractivity contribution in [2.75, 3.05) is 26.2 Å². The van der Waals surface area contributed by atoms with Crippen LogP contribution in [-0.2, 0) is 9.53 Å². The van der Waals surface area contributed by atoms with Gasteiger partial charge in [-0.3, -0.25) is 4.79 Å². The molecule has 2 unspecified atom stereocenters. The molecule has 0 spiro atoms. The van der Waals surface area contributed by atoms with Crippen molar-refractivity contribution in [3.05, 3.63) is 33.9 Å². The Morgan fingerprint density at radius 2 is 2.09 bits per heavy atom. The molecule has 0 radical (unpaired) electrons. The molecule has 2 saturated heterocycles. The van der Waals surface area contributed by atoms with Gasteiger partial charge in [-0.05, 0) is 55.0 Å². The molecular formula is C25H37F3N4O2S. The second-order valence-electron chi connectivity index (χ2n) is 11.0. The third kappa shape index (κ3) is 5.31. The predicted molar refractivity (Wildman–Crippen MR) is 132 cm³/mol. The third-order valence-corrected chi connectivity index (χ3v) is 8.75. The monoisotopic (exact) mass is 514 g/mol. The maximum absolute atomic E-state index is 14.9. The Kier molecular flexibility index (Phi) is 7.67. The van der Waals surface area contributed by atoms with E-state index in [9.17, 15) is 18.0 Å². The zero-order valence-electron chi connectivity index (χ0n) is 20.7. The SMILES string of the molecule is CC(C)(C)C1(C(F)(F)F)C=C(C(N)=O)C(NC[C@@H]2CCCN2)C(=C2SC=CN2C[C@H]2CCCO2)C1. The number of allylic oxidation sites excluding steroid dienone is 1. The molecule has 0 bridgehead atoms. The summed E-state index contributed by atoms with van der Waals surface area (Å²) in [6.45, 7) is 7.48. The van der Waals surface area contributed by atoms with Crippen LogP contribution in [0.4, 0.5) is 13.2 Å². The van der Waals surface area contributed by atoms with Crippen molar-refractivity contribution < 1.29 is 22.7 Å². The van der Waals surface area contributed by atoms with Gasteiger partial charge in [-0.15, -0.1) is 0 Å². The lowest BCUT2D eigenvalue weighted by atomic mass is 9.58. The van der Waals surface area contributed by atoms with Gasteiger partial charge in [0.1, 0.15) is 0 Å². The summed E-state index contributed by atoms with van der Waals surface area (Å²) in [6, 6.07) is -0.466. The Balaban J connectivity index is 1.80. The number of halogens is 3. The van der Waals surface area contributed by atoms with Crippen molar-refractivity contribution >= 4 is 17.7 Å². The Morgan fingerprint density at radius 3 is 2.66 bits per heavy atom. The first-order chi connectivity index (χ1) is 16.4. The molecule has 4 aliphatic rings. The number of alkyl halides is 3. The number of amides is 1. The zero-order valence-corrected chi connectivity index (χ0v) is 21.5. The number of primary amides is 1. The normalized spacial score (nSPS) is 34.1. The maximum atomic E-state index is 14.9. The van der Waals surface area contributed by atoms with E-state index in [4.69, 9.17) is 10.5 Å². The van der Waals surface area contributed by atoms with Crippen LogP contribution >= 0.6 is 11.8 Å². The quantitative estimate of drug-likeness (QED) is 0.497. The van der Waals surface area contributed by atoms with E-state index in [-0.39, 0.29) is 24.1 Å². The highest BCUT2D eigenvalue weighted by atomic mass is 32.2. The molecule has 4 rings (SSSR count). The van der Waals surface area contributed by atoms with Crippen LogP contribution in [0.15, 0.2) is 33.9 Å². The number of thioether (sulfide) groups is 1. The summed E-state index contributed by atoms with van der Waals surface area (Å²) in [5.41, 5.74) is 2.92. The lowest BCUT2D eigenvalue weighted by Gasteiger charge is -2.49. The van der Waals surface area contributed by atoms with Crippen LogP contribution in [0.5, 0.6) is 0 Å². The van der Waals surface area contributed by atoms with Crippen LogP contribution in [0.25, 0.3) is 0 Å². The maximum Gasteiger partial charge on any atom is 0.398 e. The van der Waals surface area contributed by atoms with Crippen LogP contribution in [-0.4, -0.2) is 61.4 Å². The van der Waals surface area contributed by atoms with Gasteiger partial charge in [0.15, 0.2) is 0 Å². The van der Waals surface area contributed by atoms with Crippen LogP contribution in [0.3, 0.4) is 0 Å². The molecule has 1 aliphatic carbocycles. The number of nitrogens with one attached hydrogen (secondary N) is 2. The average molecular weight is 515 g/mol. The summed E-state index contributed by atoms with van der Waals surface area (Å²) >= 11 is 1.41. The van der Waals surface area contributed by atoms with Crippen molar-refractivity contribution in [1.82, 2.24) is 15.5 Å². The smallest absolute Gasteiger partial charge is 0.376 e. The number of ether oxygens (including phenoxy) is 1. The van der Waals surface area contributed by atoms with Gasteiger partial charge < -0.3 is 26.0 Å². The summed E-state index contributed by atoms with van der Waals surface area (Å²) in [6.07, 6.45) is 2.20. The van der Waals surface area contributed by atoms with Crippen molar-refractivity contribution in [3.63, 3.8) is 0 Å². The highest BCUT2D eigenvalue weighted by molar-refractivity contribution is 8.06. The minimum atomic E-state index is -4.56. The molecule has 196 valence electrons. The first-order valence-electron chi connectivity index (χ1n) is 12.4. The number of hydrogen-bond donors (Lipinski definition) is 3. The predicted octanol–water partition coefficient (Wildman–Crippen LogP) is 4.02. The highest BCUT2D eigenvalue weighted by Gasteiger charge is 2.62. The van der Waals surface area contributed by atoms with Crippen LogP contribution in [0.1, 0.15) is 52.9 Å². The van der Waals surface area contributed by atoms with E-state index < -0.39 is 29.0 Å². The topological polar surface area (TPSA) is 79.6 Å². The van der Waals surface area contributed by atoms with Crippen molar-refractivity contribution in [1.29, 1.82) is 0 Å². The van der Waals surface area contributed by atoms with E-state index in [2.05, 4.69) is 10.6 Å². The molecular weight excluding hydrogens is 477 g/mol. The van der Waals surface area contributed by atoms with Crippen molar-refractivity contribution in [2.45, 2.75) is 77.2 Å². The van der Waals surface area contributed by atoms with E-state index in [1.54, 1.807) is 20.8 Å². The molecule has 4 atom stereocenters. The Labute approximate surface area is 209 Å². The van der Waals surface area contributed by atoms with E-state index in [0.29, 0.717) is 25.3 Å². The Morgan fingerprint density at radius 1 is 1.31 bits per heavy atom. The summed E-state index contributed by atoms with van der Waals surface area (Å²) in [7, 11) is 0. The van der Waals surface area contributed by atoms with Crippen LogP contribution in [0.2, 0.25) is 0 Å². The first-order valence-corrected chi connectivity index (χ1v) is 13.3. The van der Waals surface area contributed by atoms with Crippen LogP contribution in [0, 0.1) is 10.8 Å². The van der Waals surface area contributed by atoms with Gasteiger partial charge >= 0.3 is 6.18 Å². The number of carbonyl (C=O) groups excluding carboxylic acids is 1. The van der Waals surface area contributed by atoms with Gasteiger partial charge in [-0.1, -0.05) is 38.6 Å². The van der Waals surface area contributed by atoms with Gasteiger partial charge in [-0.2, -0.15) is 13.2 Å². The summed E-state index contributed by atoms with van der Waals surface area (Å²) in [4.78, 5) is 14.7. The largest absolute Gasteiger partial charge is 0.398 e. The number of rotatable bonds is 6. The first kappa shape index (κ1) is 26.6. The molecule has 10 heteroatoms. The Bertz CT molecular complexity index is 883. The average Bonchev–Trinajstić information content (AvgIpc) is 3.53. The van der Waals surface area contributed by atoms with Crippen LogP contribution < -0.4 is 16.4 Å². The standard InChI is InChI=1S/C25H37F3N4O2S/c1-23(2,3)24(25(26,27)28)12-18(21(29)33)20(31-14-16-6-4-8-30-16)19(13-24)22-32(9-11-35-22)15-17-7-5-10-34-17/h9,11-12,16-17,20,30-31H,4-8,10,13-15H2,1-3H3,(H2,29,33)/t16-,17+,20?,24?/m0/s1. The fourth-order valence-corrected chi connectivity index (χ4v) is 6.58. The van der Waals surface area contributed by atoms with Gasteiger partial charge in [-0.25, -0.2) is 0 Å². The van der Waals surface area contributed by atoms with E-state index >= 15 is 0 Å². The minimum Gasteiger partial charge on any atom is -0.376 e. The lowest BCUT2D eigenvalue weighted by molar-refractivity contribution is -0.238. The number of nitrogens with zero attached hydrogens (tertiary/aromatic N) is 1. The minimum absolute atomic E-state index is 0.00596. The zero-order chi connectivity index (χ0) is 25.4. The fourth-order valence-electron chi connectivity index (χ4n) is 5.63. The molecule has 0 aromatic rings. The molecule has 4 N–H and O–H groups in total. The summed E-state index contributed by atoms with van der Waals surface area (Å²) < 4.78 is 50.4. The molecule has 3 heterocycles. The molecule has 35 heavy (non-hydrogen) atoms. The second-order valence-corrected chi connectivity index (χ2v) is 11.9. The van der Waals surface area contributed by atoms with Gasteiger partial charge in [0, 0.05) is 37.5 Å². The number of hydrogen-bond acceptors (Lipinski definition) is 6. The molecule has 0 saturated carbocycles. The second kappa shape index (κ2) is 10.1. The number of nitrogens with two attached hydrogens (primary N) is 1. The molecule has 0 aromatic carbocycles. The van der Waals surface area contributed by atoms with Crippen molar-refractivity contribution in [3.8, 4) is 0 Å². The molecule has 6 nitrogen and oxygen atoms in total. The van der Waals surface area contributed by atoms with Gasteiger partial charge in [0.05, 0.1) is 22.6 Å². The van der Waals surface area contributed by atoms with E-state index in [1.807, 2.05) is 16.5 Å². The lowest BCUT2D eigenvalue weighted by Crippen LogP contribution is -2.54. The number of carbonyl (C=O) groups is 1. The van der Waals surface area contributed by atoms with Gasteiger partial charge in [0.2, 0.25) is 5.91 Å². The fraction of sp³-hybridized carbons (Fsp3) is 0.720. The molecule has 2 fully saturated rings. The molecule has 3 aliphatic heterocycles. The van der Waals surface area contributed by atoms with Gasteiger partial charge in [0.25, 0.3) is 0 Å². The van der Waals surface area contributed by atoms with E-state index in [1.165, 1.54) is 11.8 Å². The Hall–Kier alpha value is -1.49. The summed E-state index contributed by atoms with van der Waals surface area (Å²) in [5, 5.41) is 9.46. The van der Waals surface area contributed by atoms with E-state index in [0.717, 1.165) is 43.3 Å². The highest BCUT2D eigenvalue weighted by Crippen LogP contribution is 2.59. The molecule has 0 aromatic heterocycles.